The molecule has 0 aliphatic carbocycles. The number of carbonyl (C=O) groups is 3. The fourth-order valence-corrected chi connectivity index (χ4v) is 4.45. The highest BCUT2D eigenvalue weighted by Gasteiger charge is 2.63. The summed E-state index contributed by atoms with van der Waals surface area (Å²) >= 11 is 0. The predicted octanol–water partition coefficient (Wildman–Crippen LogP) is 3.22. The van der Waals surface area contributed by atoms with E-state index in [9.17, 15) is 14.4 Å². The van der Waals surface area contributed by atoms with Crippen molar-refractivity contribution in [3.05, 3.63) is 65.7 Å². The lowest BCUT2D eigenvalue weighted by Gasteiger charge is -2.33. The minimum atomic E-state index is -1.12. The van der Waals surface area contributed by atoms with Gasteiger partial charge in [0.15, 0.2) is 6.23 Å². The summed E-state index contributed by atoms with van der Waals surface area (Å²) in [5.74, 6) is -0.710. The summed E-state index contributed by atoms with van der Waals surface area (Å²) in [5, 5.41) is 0. The number of imide groups is 1. The summed E-state index contributed by atoms with van der Waals surface area (Å²) in [6, 6.07) is 16.6. The van der Waals surface area contributed by atoms with E-state index in [0.717, 1.165) is 5.56 Å². The molecule has 0 aromatic heterocycles. The van der Waals surface area contributed by atoms with Crippen LogP contribution in [0, 0.1) is 0 Å². The van der Waals surface area contributed by atoms with Crippen LogP contribution in [0.3, 0.4) is 0 Å². The third-order valence-electron chi connectivity index (χ3n) is 5.74. The van der Waals surface area contributed by atoms with E-state index >= 15 is 0 Å². The molecule has 1 spiro atoms. The van der Waals surface area contributed by atoms with Gasteiger partial charge in [-0.15, -0.1) is 0 Å². The van der Waals surface area contributed by atoms with Crippen LogP contribution < -0.4 is 4.90 Å². The standard InChI is InChI=1S/C23H24N2O5/c1-3-29-21-23(18-11-7-8-12-19(18)25(16(2)26)20(23)27)13-14-24(21)22(28)30-15-17-9-5-4-6-10-17/h4-12,21H,3,13-15H2,1-2H3/t21?,23-/m0/s1. The summed E-state index contributed by atoms with van der Waals surface area (Å²) in [7, 11) is 0. The van der Waals surface area contributed by atoms with Gasteiger partial charge in [0.05, 0.1) is 5.69 Å². The maximum Gasteiger partial charge on any atom is 0.412 e. The Bertz CT molecular complexity index is 977. The van der Waals surface area contributed by atoms with Crippen LogP contribution in [-0.2, 0) is 31.1 Å². The van der Waals surface area contributed by atoms with Gasteiger partial charge >= 0.3 is 6.09 Å². The monoisotopic (exact) mass is 408 g/mol. The molecule has 156 valence electrons. The first kappa shape index (κ1) is 20.1. The number of rotatable bonds is 4. The average molecular weight is 408 g/mol. The Balaban J connectivity index is 1.65. The van der Waals surface area contributed by atoms with Gasteiger partial charge < -0.3 is 9.47 Å². The molecule has 0 N–H and O–H groups in total. The zero-order valence-corrected chi connectivity index (χ0v) is 17.0. The van der Waals surface area contributed by atoms with Gasteiger partial charge in [-0.05, 0) is 30.5 Å². The van der Waals surface area contributed by atoms with Crippen molar-refractivity contribution in [3.63, 3.8) is 0 Å². The van der Waals surface area contributed by atoms with Gasteiger partial charge in [0.2, 0.25) is 11.8 Å². The lowest BCUT2D eigenvalue weighted by Crippen LogP contribution is -2.52. The number of para-hydroxylation sites is 1. The number of benzene rings is 2. The molecule has 1 fully saturated rings. The Kier molecular flexibility index (Phi) is 5.30. The van der Waals surface area contributed by atoms with E-state index in [2.05, 4.69) is 0 Å². The molecule has 2 aliphatic heterocycles. The molecule has 3 amide bonds. The molecule has 0 radical (unpaired) electrons. The molecule has 2 atom stereocenters. The summed E-state index contributed by atoms with van der Waals surface area (Å²) in [4.78, 5) is 41.3. The van der Waals surface area contributed by atoms with Crippen molar-refractivity contribution in [3.8, 4) is 0 Å². The molecule has 1 saturated heterocycles. The van der Waals surface area contributed by atoms with Crippen LogP contribution in [-0.4, -0.2) is 42.2 Å². The summed E-state index contributed by atoms with van der Waals surface area (Å²) in [6.45, 7) is 3.92. The second-order valence-corrected chi connectivity index (χ2v) is 7.44. The van der Waals surface area contributed by atoms with E-state index in [4.69, 9.17) is 9.47 Å². The first-order valence-electron chi connectivity index (χ1n) is 10.0. The molecule has 2 aliphatic rings. The lowest BCUT2D eigenvalue weighted by atomic mass is 9.79. The number of carbonyl (C=O) groups excluding carboxylic acids is 3. The van der Waals surface area contributed by atoms with Crippen LogP contribution in [0.1, 0.15) is 31.4 Å². The zero-order valence-electron chi connectivity index (χ0n) is 17.0. The van der Waals surface area contributed by atoms with E-state index in [1.165, 1.54) is 16.7 Å². The van der Waals surface area contributed by atoms with E-state index in [1.807, 2.05) is 49.4 Å². The first-order chi connectivity index (χ1) is 14.5. The maximum absolute atomic E-state index is 13.5. The smallest absolute Gasteiger partial charge is 0.412 e. The summed E-state index contributed by atoms with van der Waals surface area (Å²) in [5.41, 5.74) is 1.02. The molecular weight excluding hydrogens is 384 g/mol. The van der Waals surface area contributed by atoms with Crippen LogP contribution >= 0.6 is 0 Å². The fraction of sp³-hybridized carbons (Fsp3) is 0.348. The number of likely N-dealkylation sites (tertiary alicyclic amines) is 1. The molecule has 2 heterocycles. The Labute approximate surface area is 175 Å². The maximum atomic E-state index is 13.5. The highest BCUT2D eigenvalue weighted by atomic mass is 16.6. The number of hydrogen-bond donors (Lipinski definition) is 0. The van der Waals surface area contributed by atoms with E-state index < -0.39 is 17.7 Å². The van der Waals surface area contributed by atoms with Gasteiger partial charge in [-0.3, -0.25) is 14.5 Å². The van der Waals surface area contributed by atoms with Crippen LogP contribution in [0.2, 0.25) is 0 Å². The van der Waals surface area contributed by atoms with Crippen molar-refractivity contribution >= 4 is 23.6 Å². The second kappa shape index (κ2) is 7.91. The molecule has 0 saturated carbocycles. The van der Waals surface area contributed by atoms with Crippen molar-refractivity contribution in [1.29, 1.82) is 0 Å². The van der Waals surface area contributed by atoms with Crippen molar-refractivity contribution in [2.24, 2.45) is 0 Å². The van der Waals surface area contributed by atoms with E-state index in [0.29, 0.717) is 30.8 Å². The van der Waals surface area contributed by atoms with Gasteiger partial charge in [0.25, 0.3) is 0 Å². The third-order valence-corrected chi connectivity index (χ3v) is 5.74. The third kappa shape index (κ3) is 3.06. The van der Waals surface area contributed by atoms with Crippen LogP contribution in [0.25, 0.3) is 0 Å². The van der Waals surface area contributed by atoms with Crippen molar-refractivity contribution in [2.45, 2.75) is 38.5 Å². The predicted molar refractivity (Wildman–Crippen MR) is 110 cm³/mol. The van der Waals surface area contributed by atoms with Crippen LogP contribution in [0.5, 0.6) is 0 Å². The molecule has 4 rings (SSSR count). The highest BCUT2D eigenvalue weighted by molar-refractivity contribution is 6.22. The molecule has 0 bridgehead atoms. The lowest BCUT2D eigenvalue weighted by molar-refractivity contribution is -0.135. The fourth-order valence-electron chi connectivity index (χ4n) is 4.45. The van der Waals surface area contributed by atoms with E-state index in [1.54, 1.807) is 12.1 Å². The van der Waals surface area contributed by atoms with Gasteiger partial charge in [-0.1, -0.05) is 48.5 Å². The van der Waals surface area contributed by atoms with Crippen LogP contribution in [0.4, 0.5) is 10.5 Å². The van der Waals surface area contributed by atoms with Crippen LogP contribution in [0.15, 0.2) is 54.6 Å². The number of amides is 3. The topological polar surface area (TPSA) is 76.2 Å². The SMILES string of the molecule is CCOC1N(C(=O)OCc2ccccc2)CC[C@]12C(=O)N(C(C)=O)c1ccccc12. The minimum absolute atomic E-state index is 0.131. The molecule has 1 unspecified atom stereocenters. The van der Waals surface area contributed by atoms with Crippen molar-refractivity contribution < 1.29 is 23.9 Å². The van der Waals surface area contributed by atoms with Gasteiger partial charge in [-0.25, -0.2) is 9.69 Å². The van der Waals surface area contributed by atoms with E-state index in [-0.39, 0.29) is 18.4 Å². The van der Waals surface area contributed by atoms with Gasteiger partial charge in [0.1, 0.15) is 12.0 Å². The Hall–Kier alpha value is -3.19. The Morgan fingerprint density at radius 3 is 2.50 bits per heavy atom. The molecular formula is C23H24N2O5. The summed E-state index contributed by atoms with van der Waals surface area (Å²) < 4.78 is 11.5. The Morgan fingerprint density at radius 1 is 1.10 bits per heavy atom. The zero-order chi connectivity index (χ0) is 21.3. The number of nitrogens with zero attached hydrogens (tertiary/aromatic N) is 2. The normalized spacial score (nSPS) is 22.5. The molecule has 7 nitrogen and oxygen atoms in total. The van der Waals surface area contributed by atoms with Crippen molar-refractivity contribution in [2.75, 3.05) is 18.1 Å². The van der Waals surface area contributed by atoms with Gasteiger partial charge in [0, 0.05) is 20.1 Å². The summed E-state index contributed by atoms with van der Waals surface area (Å²) in [6.07, 6.45) is -1.03. The highest BCUT2D eigenvalue weighted by Crippen LogP contribution is 2.51. The van der Waals surface area contributed by atoms with Crippen molar-refractivity contribution in [1.82, 2.24) is 4.90 Å². The molecule has 2 aromatic rings. The molecule has 30 heavy (non-hydrogen) atoms. The molecule has 2 aromatic carbocycles. The van der Waals surface area contributed by atoms with Gasteiger partial charge in [-0.2, -0.15) is 0 Å². The molecule has 7 heteroatoms. The number of fused-ring (bicyclic) bond motifs is 2. The number of hydrogen-bond acceptors (Lipinski definition) is 5. The number of anilines is 1. The Morgan fingerprint density at radius 2 is 1.80 bits per heavy atom. The first-order valence-corrected chi connectivity index (χ1v) is 10.0. The second-order valence-electron chi connectivity index (χ2n) is 7.44. The average Bonchev–Trinajstić information content (AvgIpc) is 3.25. The minimum Gasteiger partial charge on any atom is -0.444 e. The quantitative estimate of drug-likeness (QED) is 0.776. The largest absolute Gasteiger partial charge is 0.444 e. The number of ether oxygens (including phenoxy) is 2.